The third-order valence-corrected chi connectivity index (χ3v) is 3.92. The van der Waals surface area contributed by atoms with E-state index in [4.69, 9.17) is 5.73 Å². The Morgan fingerprint density at radius 2 is 1.62 bits per heavy atom. The SMILES string of the molecule is CC(C)N(C(=O)CN(CC(N)=O)C1CCNCC1)C(C)C. The maximum atomic E-state index is 12.6. The average Bonchev–Trinajstić information content (AvgIpc) is 2.37. The van der Waals surface area contributed by atoms with Crippen LogP contribution in [0, 0.1) is 0 Å². The van der Waals surface area contributed by atoms with E-state index in [2.05, 4.69) is 5.32 Å². The average molecular weight is 298 g/mol. The molecule has 0 aliphatic carbocycles. The molecule has 2 amide bonds. The summed E-state index contributed by atoms with van der Waals surface area (Å²) in [5.74, 6) is -0.304. The predicted molar refractivity (Wildman–Crippen MR) is 83.8 cm³/mol. The molecule has 3 N–H and O–H groups in total. The number of rotatable bonds is 7. The molecule has 21 heavy (non-hydrogen) atoms. The highest BCUT2D eigenvalue weighted by molar-refractivity contribution is 5.81. The number of nitrogens with two attached hydrogens (primary N) is 1. The first kappa shape index (κ1) is 17.9. The molecule has 1 fully saturated rings. The highest BCUT2D eigenvalue weighted by Crippen LogP contribution is 2.13. The van der Waals surface area contributed by atoms with Crippen molar-refractivity contribution in [3.63, 3.8) is 0 Å². The van der Waals surface area contributed by atoms with Gasteiger partial charge in [-0.05, 0) is 53.6 Å². The lowest BCUT2D eigenvalue weighted by Gasteiger charge is -2.37. The molecule has 0 spiro atoms. The van der Waals surface area contributed by atoms with Gasteiger partial charge in [0.05, 0.1) is 13.1 Å². The molecule has 0 radical (unpaired) electrons. The Morgan fingerprint density at radius 3 is 2.05 bits per heavy atom. The van der Waals surface area contributed by atoms with Gasteiger partial charge >= 0.3 is 0 Å². The lowest BCUT2D eigenvalue weighted by atomic mass is 10.0. The number of carbonyl (C=O) groups excluding carboxylic acids is 2. The molecular weight excluding hydrogens is 268 g/mol. The van der Waals surface area contributed by atoms with Crippen molar-refractivity contribution < 1.29 is 9.59 Å². The van der Waals surface area contributed by atoms with Crippen LogP contribution in [0.1, 0.15) is 40.5 Å². The van der Waals surface area contributed by atoms with Gasteiger partial charge in [0.15, 0.2) is 0 Å². The first-order valence-electron chi connectivity index (χ1n) is 7.87. The fraction of sp³-hybridized carbons (Fsp3) is 0.867. The smallest absolute Gasteiger partial charge is 0.237 e. The molecule has 1 rings (SSSR count). The molecule has 0 atom stereocenters. The van der Waals surface area contributed by atoms with Crippen LogP contribution in [0.25, 0.3) is 0 Å². The van der Waals surface area contributed by atoms with Crippen molar-refractivity contribution in [2.45, 2.75) is 58.7 Å². The van der Waals surface area contributed by atoms with E-state index in [0.29, 0.717) is 0 Å². The highest BCUT2D eigenvalue weighted by atomic mass is 16.2. The third-order valence-electron chi connectivity index (χ3n) is 3.92. The first-order valence-corrected chi connectivity index (χ1v) is 7.87. The predicted octanol–water partition coefficient (Wildman–Crippen LogP) is 0.171. The van der Waals surface area contributed by atoms with Crippen molar-refractivity contribution in [2.75, 3.05) is 26.2 Å². The number of nitrogens with zero attached hydrogens (tertiary/aromatic N) is 2. The number of nitrogens with one attached hydrogen (secondary N) is 1. The summed E-state index contributed by atoms with van der Waals surface area (Å²) in [6, 6.07) is 0.561. The maximum Gasteiger partial charge on any atom is 0.237 e. The van der Waals surface area contributed by atoms with Crippen LogP contribution in [-0.2, 0) is 9.59 Å². The molecule has 1 aliphatic heterocycles. The van der Waals surface area contributed by atoms with Crippen molar-refractivity contribution in [1.82, 2.24) is 15.1 Å². The second-order valence-corrected chi connectivity index (χ2v) is 6.34. The molecule has 0 unspecified atom stereocenters. The molecule has 0 aromatic rings. The molecule has 1 heterocycles. The molecule has 6 heteroatoms. The minimum atomic E-state index is -0.373. The summed E-state index contributed by atoms with van der Waals surface area (Å²) < 4.78 is 0. The quantitative estimate of drug-likeness (QED) is 0.702. The minimum Gasteiger partial charge on any atom is -0.369 e. The second kappa shape index (κ2) is 8.34. The van der Waals surface area contributed by atoms with Gasteiger partial charge in [-0.15, -0.1) is 0 Å². The summed E-state index contributed by atoms with van der Waals surface area (Å²) in [4.78, 5) is 27.7. The van der Waals surface area contributed by atoms with Gasteiger partial charge in [0.25, 0.3) is 0 Å². The molecule has 1 saturated heterocycles. The van der Waals surface area contributed by atoms with Gasteiger partial charge in [-0.1, -0.05) is 0 Å². The van der Waals surface area contributed by atoms with Gasteiger partial charge in [-0.2, -0.15) is 0 Å². The molecular formula is C15H30N4O2. The van der Waals surface area contributed by atoms with E-state index in [1.807, 2.05) is 37.5 Å². The number of carbonyl (C=O) groups is 2. The Hall–Kier alpha value is -1.14. The molecule has 0 bridgehead atoms. The lowest BCUT2D eigenvalue weighted by molar-refractivity contribution is -0.137. The van der Waals surface area contributed by atoms with E-state index < -0.39 is 0 Å². The Bertz CT molecular complexity index is 344. The van der Waals surface area contributed by atoms with E-state index in [1.54, 1.807) is 0 Å². The summed E-state index contributed by atoms with van der Waals surface area (Å²) in [5, 5.41) is 3.30. The van der Waals surface area contributed by atoms with Crippen LogP contribution in [0.15, 0.2) is 0 Å². The monoisotopic (exact) mass is 298 g/mol. The van der Waals surface area contributed by atoms with Gasteiger partial charge in [-0.3, -0.25) is 14.5 Å². The molecule has 0 aromatic carbocycles. The van der Waals surface area contributed by atoms with Crippen LogP contribution < -0.4 is 11.1 Å². The van der Waals surface area contributed by atoms with Crippen LogP contribution in [0.4, 0.5) is 0 Å². The summed E-state index contributed by atoms with van der Waals surface area (Å²) in [5.41, 5.74) is 5.35. The zero-order valence-corrected chi connectivity index (χ0v) is 13.8. The maximum absolute atomic E-state index is 12.6. The fourth-order valence-corrected chi connectivity index (χ4v) is 3.11. The van der Waals surface area contributed by atoms with Crippen LogP contribution >= 0.6 is 0 Å². The largest absolute Gasteiger partial charge is 0.369 e. The minimum absolute atomic E-state index is 0.0692. The Balaban J connectivity index is 2.74. The zero-order valence-electron chi connectivity index (χ0n) is 13.8. The third kappa shape index (κ3) is 5.63. The van der Waals surface area contributed by atoms with Crippen LogP contribution in [0.5, 0.6) is 0 Å². The van der Waals surface area contributed by atoms with Crippen molar-refractivity contribution in [2.24, 2.45) is 5.73 Å². The Kier molecular flexibility index (Phi) is 7.11. The molecule has 6 nitrogen and oxygen atoms in total. The van der Waals surface area contributed by atoms with E-state index in [9.17, 15) is 9.59 Å². The summed E-state index contributed by atoms with van der Waals surface area (Å²) >= 11 is 0. The second-order valence-electron chi connectivity index (χ2n) is 6.34. The number of amides is 2. The van der Waals surface area contributed by atoms with Crippen molar-refractivity contribution >= 4 is 11.8 Å². The summed E-state index contributed by atoms with van der Waals surface area (Å²) in [7, 11) is 0. The standard InChI is InChI=1S/C15H30N4O2/c1-11(2)19(12(3)4)15(21)10-18(9-14(16)20)13-5-7-17-8-6-13/h11-13,17H,5-10H2,1-4H3,(H2,16,20). The van der Waals surface area contributed by atoms with Crippen molar-refractivity contribution in [3.8, 4) is 0 Å². The van der Waals surface area contributed by atoms with Crippen LogP contribution in [0.2, 0.25) is 0 Å². The topological polar surface area (TPSA) is 78.7 Å². The van der Waals surface area contributed by atoms with Gasteiger partial charge in [-0.25, -0.2) is 0 Å². The number of piperidine rings is 1. The van der Waals surface area contributed by atoms with E-state index in [-0.39, 0.29) is 43.0 Å². The number of primary amides is 1. The molecule has 1 aliphatic rings. The highest BCUT2D eigenvalue weighted by Gasteiger charge is 2.27. The van der Waals surface area contributed by atoms with E-state index in [1.165, 1.54) is 0 Å². The summed E-state index contributed by atoms with van der Waals surface area (Å²) in [6.45, 7) is 10.3. The molecule has 122 valence electrons. The van der Waals surface area contributed by atoms with Crippen LogP contribution in [0.3, 0.4) is 0 Å². The summed E-state index contributed by atoms with van der Waals surface area (Å²) in [6.07, 6.45) is 1.90. The number of hydrogen-bond acceptors (Lipinski definition) is 4. The van der Waals surface area contributed by atoms with E-state index in [0.717, 1.165) is 25.9 Å². The van der Waals surface area contributed by atoms with Crippen molar-refractivity contribution in [3.05, 3.63) is 0 Å². The van der Waals surface area contributed by atoms with Crippen LogP contribution in [-0.4, -0.2) is 65.9 Å². The molecule has 0 saturated carbocycles. The lowest BCUT2D eigenvalue weighted by Crippen LogP contribution is -2.52. The normalized spacial score (nSPS) is 16.7. The first-order chi connectivity index (χ1) is 9.82. The van der Waals surface area contributed by atoms with Gasteiger partial charge < -0.3 is 16.0 Å². The van der Waals surface area contributed by atoms with Crippen molar-refractivity contribution in [1.29, 1.82) is 0 Å². The van der Waals surface area contributed by atoms with Gasteiger partial charge in [0.2, 0.25) is 11.8 Å². The number of hydrogen-bond donors (Lipinski definition) is 2. The zero-order chi connectivity index (χ0) is 16.0. The Labute approximate surface area is 128 Å². The van der Waals surface area contributed by atoms with Gasteiger partial charge in [0, 0.05) is 18.1 Å². The van der Waals surface area contributed by atoms with Gasteiger partial charge in [0.1, 0.15) is 0 Å². The fourth-order valence-electron chi connectivity index (χ4n) is 3.11. The van der Waals surface area contributed by atoms with E-state index >= 15 is 0 Å². The molecule has 0 aromatic heterocycles. The Morgan fingerprint density at radius 1 is 1.10 bits per heavy atom.